The number of likely N-dealkylation sites (tertiary alicyclic amines) is 1. The number of nitrogens with one attached hydrogen (secondary N) is 2. The fourth-order valence-corrected chi connectivity index (χ4v) is 4.58. The molecular formula is C23H28N6. The van der Waals surface area contributed by atoms with Crippen molar-refractivity contribution in [1.82, 2.24) is 30.2 Å². The molecule has 6 heteroatoms. The van der Waals surface area contributed by atoms with Crippen LogP contribution >= 0.6 is 0 Å². The van der Waals surface area contributed by atoms with Gasteiger partial charge in [0.15, 0.2) is 0 Å². The minimum atomic E-state index is 0.632. The highest BCUT2D eigenvalue weighted by Crippen LogP contribution is 2.21. The fourth-order valence-electron chi connectivity index (χ4n) is 4.58. The molecule has 0 saturated carbocycles. The first kappa shape index (κ1) is 18.3. The Morgan fingerprint density at radius 3 is 2.38 bits per heavy atom. The third kappa shape index (κ3) is 4.04. The van der Waals surface area contributed by atoms with Crippen LogP contribution in [-0.4, -0.2) is 56.4 Å². The summed E-state index contributed by atoms with van der Waals surface area (Å²) in [5.74, 6) is 0. The highest BCUT2D eigenvalue weighted by atomic mass is 15.2. The van der Waals surface area contributed by atoms with Gasteiger partial charge in [0, 0.05) is 29.9 Å². The molecule has 5 rings (SSSR count). The van der Waals surface area contributed by atoms with E-state index in [1.807, 2.05) is 12.4 Å². The van der Waals surface area contributed by atoms with Crippen molar-refractivity contribution in [1.29, 1.82) is 0 Å². The van der Waals surface area contributed by atoms with Gasteiger partial charge < -0.3 is 0 Å². The summed E-state index contributed by atoms with van der Waals surface area (Å²) in [6.45, 7) is 4.32. The van der Waals surface area contributed by atoms with Crippen LogP contribution in [0.15, 0.2) is 48.8 Å². The molecule has 29 heavy (non-hydrogen) atoms. The van der Waals surface area contributed by atoms with E-state index < -0.39 is 0 Å². The molecule has 0 bridgehead atoms. The molecule has 2 N–H and O–H groups in total. The SMILES string of the molecule is CN(Cc1ccc2cn[nH]c2c1)C1CCCN(Cc2ccc3cn[nH]c3c2)CC1. The van der Waals surface area contributed by atoms with Crippen molar-refractivity contribution in [3.8, 4) is 0 Å². The molecule has 4 aromatic rings. The maximum absolute atomic E-state index is 4.13. The maximum atomic E-state index is 4.13. The first-order valence-electron chi connectivity index (χ1n) is 10.5. The predicted molar refractivity (Wildman–Crippen MR) is 117 cm³/mol. The van der Waals surface area contributed by atoms with Crippen LogP contribution in [0, 0.1) is 0 Å². The quantitative estimate of drug-likeness (QED) is 0.544. The number of fused-ring (bicyclic) bond motifs is 2. The number of hydrogen-bond acceptors (Lipinski definition) is 4. The van der Waals surface area contributed by atoms with Crippen molar-refractivity contribution in [2.24, 2.45) is 0 Å². The first-order valence-corrected chi connectivity index (χ1v) is 10.5. The van der Waals surface area contributed by atoms with Gasteiger partial charge in [-0.3, -0.25) is 20.0 Å². The number of benzene rings is 2. The van der Waals surface area contributed by atoms with E-state index in [0.717, 1.165) is 30.7 Å². The molecule has 1 aliphatic heterocycles. The summed E-state index contributed by atoms with van der Waals surface area (Å²) in [4.78, 5) is 5.12. The molecule has 1 aliphatic rings. The number of rotatable bonds is 5. The van der Waals surface area contributed by atoms with Crippen molar-refractivity contribution >= 4 is 21.8 Å². The molecule has 0 amide bonds. The summed E-state index contributed by atoms with van der Waals surface area (Å²) in [7, 11) is 2.27. The van der Waals surface area contributed by atoms with Gasteiger partial charge in [-0.15, -0.1) is 0 Å². The fraction of sp³-hybridized carbons (Fsp3) is 0.391. The van der Waals surface area contributed by atoms with E-state index in [2.05, 4.69) is 73.6 Å². The zero-order valence-corrected chi connectivity index (χ0v) is 16.9. The van der Waals surface area contributed by atoms with E-state index in [9.17, 15) is 0 Å². The molecule has 0 radical (unpaired) electrons. The lowest BCUT2D eigenvalue weighted by Gasteiger charge is -2.27. The Morgan fingerprint density at radius 1 is 0.931 bits per heavy atom. The summed E-state index contributed by atoms with van der Waals surface area (Å²) in [6, 6.07) is 13.9. The topological polar surface area (TPSA) is 63.8 Å². The molecular weight excluding hydrogens is 360 g/mol. The molecule has 2 aromatic heterocycles. The van der Waals surface area contributed by atoms with Gasteiger partial charge in [0.1, 0.15) is 0 Å². The van der Waals surface area contributed by atoms with Crippen molar-refractivity contribution in [3.05, 3.63) is 59.9 Å². The Labute approximate surface area is 170 Å². The van der Waals surface area contributed by atoms with Crippen LogP contribution in [0.1, 0.15) is 30.4 Å². The maximum Gasteiger partial charge on any atom is 0.0653 e. The summed E-state index contributed by atoms with van der Waals surface area (Å²) in [5, 5.41) is 16.8. The Hall–Kier alpha value is -2.70. The Bertz CT molecular complexity index is 1100. The molecule has 6 nitrogen and oxygen atoms in total. The average Bonchev–Trinajstić information content (AvgIpc) is 3.32. The Balaban J connectivity index is 1.19. The number of nitrogens with zero attached hydrogens (tertiary/aromatic N) is 4. The normalized spacial score (nSPS) is 18.6. The lowest BCUT2D eigenvalue weighted by Crippen LogP contribution is -2.32. The lowest BCUT2D eigenvalue weighted by atomic mass is 10.1. The van der Waals surface area contributed by atoms with Crippen LogP contribution in [0.3, 0.4) is 0 Å². The van der Waals surface area contributed by atoms with Crippen molar-refractivity contribution in [2.75, 3.05) is 20.1 Å². The van der Waals surface area contributed by atoms with E-state index >= 15 is 0 Å². The van der Waals surface area contributed by atoms with Gasteiger partial charge in [0.2, 0.25) is 0 Å². The van der Waals surface area contributed by atoms with E-state index in [1.54, 1.807) is 0 Å². The zero-order chi connectivity index (χ0) is 19.6. The molecule has 2 aromatic carbocycles. The van der Waals surface area contributed by atoms with Crippen LogP contribution < -0.4 is 0 Å². The van der Waals surface area contributed by atoms with E-state index in [1.165, 1.54) is 47.7 Å². The smallest absolute Gasteiger partial charge is 0.0653 e. The minimum absolute atomic E-state index is 0.632. The third-order valence-corrected chi connectivity index (χ3v) is 6.26. The van der Waals surface area contributed by atoms with Crippen LogP contribution in [0.4, 0.5) is 0 Å². The van der Waals surface area contributed by atoms with E-state index in [0.29, 0.717) is 6.04 Å². The molecule has 150 valence electrons. The van der Waals surface area contributed by atoms with Gasteiger partial charge in [-0.05, 0) is 62.7 Å². The summed E-state index contributed by atoms with van der Waals surface area (Å²) in [6.07, 6.45) is 7.50. The van der Waals surface area contributed by atoms with Crippen molar-refractivity contribution < 1.29 is 0 Å². The minimum Gasteiger partial charge on any atom is -0.299 e. The summed E-state index contributed by atoms with van der Waals surface area (Å²) < 4.78 is 0. The van der Waals surface area contributed by atoms with Gasteiger partial charge in [-0.2, -0.15) is 10.2 Å². The standard InChI is InChI=1S/C23H28N6/c1-28(15-17-4-6-19-13-24-26-22(19)11-17)21-3-2-9-29(10-8-21)16-18-5-7-20-14-25-27-23(20)12-18/h4-7,11-14,21H,2-3,8-10,15-16H2,1H3,(H,24,26)(H,25,27). The second-order valence-electron chi connectivity index (χ2n) is 8.36. The second kappa shape index (κ2) is 7.97. The number of hydrogen-bond donors (Lipinski definition) is 2. The molecule has 1 unspecified atom stereocenters. The van der Waals surface area contributed by atoms with Gasteiger partial charge in [0.25, 0.3) is 0 Å². The van der Waals surface area contributed by atoms with Crippen LogP contribution in [0.25, 0.3) is 21.8 Å². The van der Waals surface area contributed by atoms with Crippen molar-refractivity contribution in [2.45, 2.75) is 38.4 Å². The van der Waals surface area contributed by atoms with Crippen molar-refractivity contribution in [3.63, 3.8) is 0 Å². The van der Waals surface area contributed by atoms with Crippen LogP contribution in [-0.2, 0) is 13.1 Å². The number of aromatic amines is 2. The van der Waals surface area contributed by atoms with Gasteiger partial charge in [-0.25, -0.2) is 0 Å². The van der Waals surface area contributed by atoms with Crippen LogP contribution in [0.2, 0.25) is 0 Å². The average molecular weight is 389 g/mol. The molecule has 0 aliphatic carbocycles. The van der Waals surface area contributed by atoms with Gasteiger partial charge in [0.05, 0.1) is 23.4 Å². The Morgan fingerprint density at radius 2 is 1.62 bits per heavy atom. The van der Waals surface area contributed by atoms with E-state index in [-0.39, 0.29) is 0 Å². The van der Waals surface area contributed by atoms with Gasteiger partial charge >= 0.3 is 0 Å². The summed E-state index contributed by atoms with van der Waals surface area (Å²) >= 11 is 0. The second-order valence-corrected chi connectivity index (χ2v) is 8.36. The highest BCUT2D eigenvalue weighted by molar-refractivity contribution is 5.79. The molecule has 0 spiro atoms. The van der Waals surface area contributed by atoms with Gasteiger partial charge in [-0.1, -0.05) is 24.3 Å². The third-order valence-electron chi connectivity index (χ3n) is 6.26. The zero-order valence-electron chi connectivity index (χ0n) is 16.9. The predicted octanol–water partition coefficient (Wildman–Crippen LogP) is 3.93. The largest absolute Gasteiger partial charge is 0.299 e. The molecule has 3 heterocycles. The molecule has 1 atom stereocenters. The molecule has 1 fully saturated rings. The monoisotopic (exact) mass is 388 g/mol. The Kier molecular flexibility index (Phi) is 5.04. The lowest BCUT2D eigenvalue weighted by molar-refractivity contribution is 0.206. The highest BCUT2D eigenvalue weighted by Gasteiger charge is 2.21. The number of aromatic nitrogens is 4. The van der Waals surface area contributed by atoms with Crippen LogP contribution in [0.5, 0.6) is 0 Å². The number of H-pyrrole nitrogens is 2. The summed E-state index contributed by atoms with van der Waals surface area (Å²) in [5.41, 5.74) is 4.96. The van der Waals surface area contributed by atoms with E-state index in [4.69, 9.17) is 0 Å². The molecule has 1 saturated heterocycles. The first-order chi connectivity index (χ1) is 14.2.